The Bertz CT molecular complexity index is 486. The molecule has 2 aromatic rings. The second-order valence-corrected chi connectivity index (χ2v) is 4.73. The molecule has 0 aliphatic heterocycles. The fourth-order valence-electron chi connectivity index (χ4n) is 2.20. The maximum atomic E-state index is 9.15. The van der Waals surface area contributed by atoms with Crippen LogP contribution in [0.15, 0.2) is 42.5 Å². The van der Waals surface area contributed by atoms with Crippen molar-refractivity contribution < 1.29 is 5.11 Å². The predicted molar refractivity (Wildman–Crippen MR) is 76.5 cm³/mol. The van der Waals surface area contributed by atoms with E-state index in [0.717, 1.165) is 19.5 Å². The SMILES string of the molecule is CCC(CO)CNCc1cccc2ccccc12. The van der Waals surface area contributed by atoms with Gasteiger partial charge in [-0.1, -0.05) is 49.4 Å². The maximum Gasteiger partial charge on any atom is 0.0471 e. The van der Waals surface area contributed by atoms with Gasteiger partial charge in [-0.05, 0) is 28.7 Å². The van der Waals surface area contributed by atoms with Crippen LogP contribution in [0.1, 0.15) is 18.9 Å². The lowest BCUT2D eigenvalue weighted by Crippen LogP contribution is -2.24. The van der Waals surface area contributed by atoms with Crippen LogP contribution in [0.4, 0.5) is 0 Å². The molecule has 0 aromatic heterocycles. The van der Waals surface area contributed by atoms with Gasteiger partial charge < -0.3 is 10.4 Å². The summed E-state index contributed by atoms with van der Waals surface area (Å²) in [5.74, 6) is 0.361. The van der Waals surface area contributed by atoms with Crippen LogP contribution in [0.25, 0.3) is 10.8 Å². The molecule has 2 rings (SSSR count). The summed E-state index contributed by atoms with van der Waals surface area (Å²) in [6.45, 7) is 4.10. The number of nitrogens with one attached hydrogen (secondary N) is 1. The first kappa shape index (κ1) is 13.1. The van der Waals surface area contributed by atoms with Gasteiger partial charge in [0.1, 0.15) is 0 Å². The van der Waals surface area contributed by atoms with Gasteiger partial charge in [0.15, 0.2) is 0 Å². The summed E-state index contributed by atoms with van der Waals surface area (Å²) in [7, 11) is 0. The minimum absolute atomic E-state index is 0.263. The van der Waals surface area contributed by atoms with Crippen LogP contribution in [0, 0.1) is 5.92 Å². The largest absolute Gasteiger partial charge is 0.396 e. The molecular weight excluding hydrogens is 222 g/mol. The van der Waals surface area contributed by atoms with Gasteiger partial charge in [-0.25, -0.2) is 0 Å². The number of aliphatic hydroxyl groups is 1. The van der Waals surface area contributed by atoms with Crippen LogP contribution >= 0.6 is 0 Å². The van der Waals surface area contributed by atoms with Crippen molar-refractivity contribution >= 4 is 10.8 Å². The zero-order valence-corrected chi connectivity index (χ0v) is 10.9. The Kier molecular flexibility index (Phi) is 4.73. The molecular formula is C16H21NO. The molecule has 18 heavy (non-hydrogen) atoms. The maximum absolute atomic E-state index is 9.15. The topological polar surface area (TPSA) is 32.3 Å². The predicted octanol–water partition coefficient (Wildman–Crippen LogP) is 2.95. The van der Waals surface area contributed by atoms with Crippen molar-refractivity contribution in [1.82, 2.24) is 5.32 Å². The highest BCUT2D eigenvalue weighted by molar-refractivity contribution is 5.85. The fraction of sp³-hybridized carbons (Fsp3) is 0.375. The summed E-state index contributed by atoms with van der Waals surface area (Å²) >= 11 is 0. The summed E-state index contributed by atoms with van der Waals surface area (Å²) in [6, 6.07) is 14.9. The summed E-state index contributed by atoms with van der Waals surface area (Å²) < 4.78 is 0. The third-order valence-corrected chi connectivity index (χ3v) is 3.46. The second kappa shape index (κ2) is 6.53. The average molecular weight is 243 g/mol. The smallest absolute Gasteiger partial charge is 0.0471 e. The van der Waals surface area contributed by atoms with E-state index < -0.39 is 0 Å². The molecule has 2 N–H and O–H groups in total. The van der Waals surface area contributed by atoms with E-state index in [4.69, 9.17) is 5.11 Å². The van der Waals surface area contributed by atoms with Crippen LogP contribution < -0.4 is 5.32 Å². The zero-order valence-electron chi connectivity index (χ0n) is 10.9. The minimum atomic E-state index is 0.263. The molecule has 0 fully saturated rings. The number of hydrogen-bond acceptors (Lipinski definition) is 2. The molecule has 0 aliphatic carbocycles. The minimum Gasteiger partial charge on any atom is -0.396 e. The lowest BCUT2D eigenvalue weighted by atomic mass is 10.0. The van der Waals surface area contributed by atoms with Gasteiger partial charge in [-0.15, -0.1) is 0 Å². The highest BCUT2D eigenvalue weighted by Crippen LogP contribution is 2.18. The molecule has 0 aliphatic rings. The van der Waals surface area contributed by atoms with E-state index in [-0.39, 0.29) is 6.61 Å². The quantitative estimate of drug-likeness (QED) is 0.817. The van der Waals surface area contributed by atoms with Crippen molar-refractivity contribution in [2.45, 2.75) is 19.9 Å². The molecule has 1 atom stereocenters. The van der Waals surface area contributed by atoms with Crippen molar-refractivity contribution in [3.05, 3.63) is 48.0 Å². The Morgan fingerprint density at radius 2 is 1.89 bits per heavy atom. The van der Waals surface area contributed by atoms with Gasteiger partial charge in [-0.2, -0.15) is 0 Å². The lowest BCUT2D eigenvalue weighted by molar-refractivity contribution is 0.218. The van der Waals surface area contributed by atoms with E-state index in [0.29, 0.717) is 5.92 Å². The van der Waals surface area contributed by atoms with E-state index in [1.807, 2.05) is 0 Å². The van der Waals surface area contributed by atoms with E-state index in [1.54, 1.807) is 0 Å². The number of benzene rings is 2. The molecule has 0 spiro atoms. The van der Waals surface area contributed by atoms with Gasteiger partial charge in [0.05, 0.1) is 0 Å². The molecule has 0 heterocycles. The van der Waals surface area contributed by atoms with E-state index in [2.05, 4.69) is 54.7 Å². The molecule has 0 saturated heterocycles. The van der Waals surface area contributed by atoms with Crippen molar-refractivity contribution in [3.63, 3.8) is 0 Å². The van der Waals surface area contributed by atoms with Crippen LogP contribution in [-0.4, -0.2) is 18.3 Å². The molecule has 2 aromatic carbocycles. The summed E-state index contributed by atoms with van der Waals surface area (Å²) in [5.41, 5.74) is 1.32. The van der Waals surface area contributed by atoms with Crippen molar-refractivity contribution in [1.29, 1.82) is 0 Å². The van der Waals surface area contributed by atoms with E-state index in [1.165, 1.54) is 16.3 Å². The Hall–Kier alpha value is -1.38. The van der Waals surface area contributed by atoms with Crippen molar-refractivity contribution in [2.75, 3.05) is 13.2 Å². The number of rotatable bonds is 6. The normalized spacial score (nSPS) is 12.8. The number of fused-ring (bicyclic) bond motifs is 1. The Labute approximate surface area is 109 Å². The van der Waals surface area contributed by atoms with Gasteiger partial charge in [0.25, 0.3) is 0 Å². The molecule has 0 amide bonds. The molecule has 1 unspecified atom stereocenters. The molecule has 0 radical (unpaired) electrons. The molecule has 96 valence electrons. The first-order chi connectivity index (χ1) is 8.85. The van der Waals surface area contributed by atoms with Crippen LogP contribution in [0.5, 0.6) is 0 Å². The van der Waals surface area contributed by atoms with E-state index in [9.17, 15) is 0 Å². The Balaban J connectivity index is 2.03. The summed E-state index contributed by atoms with van der Waals surface area (Å²) in [5, 5.41) is 15.2. The summed E-state index contributed by atoms with van der Waals surface area (Å²) in [4.78, 5) is 0. The highest BCUT2D eigenvalue weighted by Gasteiger charge is 2.04. The van der Waals surface area contributed by atoms with Crippen molar-refractivity contribution in [2.24, 2.45) is 5.92 Å². The van der Waals surface area contributed by atoms with Crippen molar-refractivity contribution in [3.8, 4) is 0 Å². The molecule has 2 nitrogen and oxygen atoms in total. The second-order valence-electron chi connectivity index (χ2n) is 4.73. The lowest BCUT2D eigenvalue weighted by Gasteiger charge is -2.13. The van der Waals surface area contributed by atoms with E-state index >= 15 is 0 Å². The first-order valence-electron chi connectivity index (χ1n) is 6.63. The highest BCUT2D eigenvalue weighted by atomic mass is 16.3. The third-order valence-electron chi connectivity index (χ3n) is 3.46. The Morgan fingerprint density at radius 1 is 1.11 bits per heavy atom. The zero-order chi connectivity index (χ0) is 12.8. The molecule has 0 saturated carbocycles. The first-order valence-corrected chi connectivity index (χ1v) is 6.63. The number of aliphatic hydroxyl groups excluding tert-OH is 1. The van der Waals surface area contributed by atoms with Gasteiger partial charge in [-0.3, -0.25) is 0 Å². The molecule has 2 heteroatoms. The average Bonchev–Trinajstić information content (AvgIpc) is 2.44. The van der Waals surface area contributed by atoms with Gasteiger partial charge in [0.2, 0.25) is 0 Å². The third kappa shape index (κ3) is 3.09. The van der Waals surface area contributed by atoms with Crippen LogP contribution in [0.3, 0.4) is 0 Å². The monoisotopic (exact) mass is 243 g/mol. The molecule has 0 bridgehead atoms. The fourth-order valence-corrected chi connectivity index (χ4v) is 2.20. The number of hydrogen-bond donors (Lipinski definition) is 2. The van der Waals surface area contributed by atoms with Gasteiger partial charge >= 0.3 is 0 Å². The van der Waals surface area contributed by atoms with Gasteiger partial charge in [0, 0.05) is 19.7 Å². The Morgan fingerprint density at radius 3 is 2.67 bits per heavy atom. The standard InChI is InChI=1S/C16H21NO/c1-2-13(12-18)10-17-11-15-8-5-7-14-6-3-4-9-16(14)15/h3-9,13,17-18H,2,10-12H2,1H3. The summed E-state index contributed by atoms with van der Waals surface area (Å²) in [6.07, 6.45) is 1.01. The van der Waals surface area contributed by atoms with Crippen LogP contribution in [0.2, 0.25) is 0 Å². The van der Waals surface area contributed by atoms with Crippen LogP contribution in [-0.2, 0) is 6.54 Å².